The van der Waals surface area contributed by atoms with E-state index >= 15 is 0 Å². The molecule has 0 radical (unpaired) electrons. The standard InChI is InChI=1S/C12H17BrN2O4S/c1-20(17,18)14-7-9-3-2-5-15(8-9)12(16)11-10(13)4-6-19-11/h4,6,9,14H,2-3,5,7-8H2,1H3. The van der Waals surface area contributed by atoms with Crippen molar-refractivity contribution in [2.45, 2.75) is 12.8 Å². The molecule has 0 saturated carbocycles. The number of carbonyl (C=O) groups excluding carboxylic acids is 1. The first-order valence-electron chi connectivity index (χ1n) is 6.34. The van der Waals surface area contributed by atoms with Gasteiger partial charge in [-0.15, -0.1) is 0 Å². The van der Waals surface area contributed by atoms with Crippen molar-refractivity contribution < 1.29 is 17.6 Å². The largest absolute Gasteiger partial charge is 0.458 e. The van der Waals surface area contributed by atoms with Gasteiger partial charge in [0.2, 0.25) is 15.8 Å². The van der Waals surface area contributed by atoms with Crippen LogP contribution in [-0.4, -0.2) is 45.1 Å². The second kappa shape index (κ2) is 6.28. The molecule has 1 unspecified atom stereocenters. The Labute approximate surface area is 126 Å². The van der Waals surface area contributed by atoms with Crippen LogP contribution in [0.1, 0.15) is 23.4 Å². The van der Waals surface area contributed by atoms with Crippen molar-refractivity contribution in [3.8, 4) is 0 Å². The van der Waals surface area contributed by atoms with Crippen LogP contribution in [0.3, 0.4) is 0 Å². The summed E-state index contributed by atoms with van der Waals surface area (Å²) in [6.45, 7) is 1.57. The molecule has 1 N–H and O–H groups in total. The highest BCUT2D eigenvalue weighted by Crippen LogP contribution is 2.23. The van der Waals surface area contributed by atoms with Crippen molar-refractivity contribution in [1.82, 2.24) is 9.62 Å². The minimum atomic E-state index is -3.19. The van der Waals surface area contributed by atoms with Gasteiger partial charge in [0.1, 0.15) is 0 Å². The summed E-state index contributed by atoms with van der Waals surface area (Å²) in [6.07, 6.45) is 4.37. The minimum absolute atomic E-state index is 0.135. The molecule has 2 rings (SSSR count). The van der Waals surface area contributed by atoms with Crippen LogP contribution >= 0.6 is 15.9 Å². The second-order valence-corrected chi connectivity index (χ2v) is 7.67. The summed E-state index contributed by atoms with van der Waals surface area (Å²) in [5.41, 5.74) is 0. The summed E-state index contributed by atoms with van der Waals surface area (Å²) >= 11 is 3.27. The van der Waals surface area contributed by atoms with Crippen LogP contribution in [-0.2, 0) is 10.0 Å². The molecule has 0 aromatic carbocycles. The van der Waals surface area contributed by atoms with E-state index in [0.717, 1.165) is 19.1 Å². The fourth-order valence-electron chi connectivity index (χ4n) is 2.28. The number of carbonyl (C=O) groups is 1. The Morgan fingerprint density at radius 2 is 2.35 bits per heavy atom. The monoisotopic (exact) mass is 364 g/mol. The zero-order valence-corrected chi connectivity index (χ0v) is 13.5. The second-order valence-electron chi connectivity index (χ2n) is 4.98. The molecule has 1 atom stereocenters. The molecule has 1 aliphatic rings. The number of halogens is 1. The van der Waals surface area contributed by atoms with Crippen molar-refractivity contribution in [2.24, 2.45) is 5.92 Å². The summed E-state index contributed by atoms with van der Waals surface area (Å²) in [6, 6.07) is 1.68. The number of likely N-dealkylation sites (tertiary alicyclic amines) is 1. The number of furan rings is 1. The quantitative estimate of drug-likeness (QED) is 0.876. The Hall–Kier alpha value is -0.860. The molecule has 6 nitrogen and oxygen atoms in total. The number of amides is 1. The first-order chi connectivity index (χ1) is 9.37. The number of nitrogens with zero attached hydrogens (tertiary/aromatic N) is 1. The van der Waals surface area contributed by atoms with E-state index in [1.807, 2.05) is 0 Å². The average Bonchev–Trinajstić information content (AvgIpc) is 2.81. The van der Waals surface area contributed by atoms with Crippen molar-refractivity contribution in [3.63, 3.8) is 0 Å². The lowest BCUT2D eigenvalue weighted by Crippen LogP contribution is -2.43. The third kappa shape index (κ3) is 4.07. The highest BCUT2D eigenvalue weighted by atomic mass is 79.9. The SMILES string of the molecule is CS(=O)(=O)NCC1CCCN(C(=O)c2occc2Br)C1. The Bertz CT molecular complexity index is 584. The lowest BCUT2D eigenvalue weighted by molar-refractivity contribution is 0.0643. The van der Waals surface area contributed by atoms with E-state index in [4.69, 9.17) is 4.42 Å². The zero-order chi connectivity index (χ0) is 14.8. The number of nitrogens with one attached hydrogen (secondary N) is 1. The molecule has 0 bridgehead atoms. The van der Waals surface area contributed by atoms with Crippen LogP contribution in [0.4, 0.5) is 0 Å². The van der Waals surface area contributed by atoms with E-state index in [2.05, 4.69) is 20.7 Å². The fourth-order valence-corrected chi connectivity index (χ4v) is 3.18. The van der Waals surface area contributed by atoms with Gasteiger partial charge in [-0.1, -0.05) is 0 Å². The van der Waals surface area contributed by atoms with Gasteiger partial charge in [-0.3, -0.25) is 4.79 Å². The maximum atomic E-state index is 12.3. The van der Waals surface area contributed by atoms with Gasteiger partial charge in [0.25, 0.3) is 5.91 Å². The van der Waals surface area contributed by atoms with Crippen LogP contribution in [0, 0.1) is 5.92 Å². The Balaban J connectivity index is 1.97. The van der Waals surface area contributed by atoms with Crippen molar-refractivity contribution in [1.29, 1.82) is 0 Å². The molecule has 1 amide bonds. The molecule has 1 fully saturated rings. The van der Waals surface area contributed by atoms with Crippen LogP contribution in [0.5, 0.6) is 0 Å². The van der Waals surface area contributed by atoms with Gasteiger partial charge < -0.3 is 9.32 Å². The topological polar surface area (TPSA) is 79.6 Å². The number of rotatable bonds is 4. The van der Waals surface area contributed by atoms with E-state index in [1.165, 1.54) is 6.26 Å². The molecule has 1 aliphatic heterocycles. The number of hydrogen-bond acceptors (Lipinski definition) is 4. The first kappa shape index (κ1) is 15.5. The molecule has 8 heteroatoms. The predicted molar refractivity (Wildman–Crippen MR) is 77.9 cm³/mol. The van der Waals surface area contributed by atoms with Crippen molar-refractivity contribution in [3.05, 3.63) is 22.6 Å². The van der Waals surface area contributed by atoms with Gasteiger partial charge in [0.15, 0.2) is 0 Å². The predicted octanol–water partition coefficient (Wildman–Crippen LogP) is 1.44. The molecule has 0 spiro atoms. The molecule has 20 heavy (non-hydrogen) atoms. The summed E-state index contributed by atoms with van der Waals surface area (Å²) < 4.78 is 30.5. The third-order valence-corrected chi connectivity index (χ3v) is 4.57. The van der Waals surface area contributed by atoms with Gasteiger partial charge in [-0.2, -0.15) is 0 Å². The van der Waals surface area contributed by atoms with Gasteiger partial charge in [0, 0.05) is 19.6 Å². The smallest absolute Gasteiger partial charge is 0.290 e. The lowest BCUT2D eigenvalue weighted by atomic mass is 9.98. The maximum Gasteiger partial charge on any atom is 0.290 e. The average molecular weight is 365 g/mol. The number of piperidine rings is 1. The molecule has 2 heterocycles. The van der Waals surface area contributed by atoms with Crippen LogP contribution < -0.4 is 4.72 Å². The zero-order valence-electron chi connectivity index (χ0n) is 11.1. The van der Waals surface area contributed by atoms with E-state index in [1.54, 1.807) is 11.0 Å². The molecule has 1 saturated heterocycles. The van der Waals surface area contributed by atoms with E-state index in [0.29, 0.717) is 29.9 Å². The highest BCUT2D eigenvalue weighted by Gasteiger charge is 2.27. The summed E-state index contributed by atoms with van der Waals surface area (Å²) in [5, 5.41) is 0. The van der Waals surface area contributed by atoms with Gasteiger partial charge in [-0.05, 0) is 40.8 Å². The Morgan fingerprint density at radius 3 is 2.95 bits per heavy atom. The highest BCUT2D eigenvalue weighted by molar-refractivity contribution is 9.10. The number of sulfonamides is 1. The van der Waals surface area contributed by atoms with Crippen LogP contribution in [0.15, 0.2) is 21.2 Å². The molecule has 0 aliphatic carbocycles. The normalized spacial score (nSPS) is 20.1. The summed E-state index contributed by atoms with van der Waals surface area (Å²) in [7, 11) is -3.19. The molecular weight excluding hydrogens is 348 g/mol. The van der Waals surface area contributed by atoms with E-state index in [-0.39, 0.29) is 11.8 Å². The van der Waals surface area contributed by atoms with Crippen LogP contribution in [0.2, 0.25) is 0 Å². The van der Waals surface area contributed by atoms with Gasteiger partial charge >= 0.3 is 0 Å². The van der Waals surface area contributed by atoms with Crippen LogP contribution in [0.25, 0.3) is 0 Å². The molecular formula is C12H17BrN2O4S. The fraction of sp³-hybridized carbons (Fsp3) is 0.583. The Morgan fingerprint density at radius 1 is 1.60 bits per heavy atom. The van der Waals surface area contributed by atoms with E-state index in [9.17, 15) is 13.2 Å². The van der Waals surface area contributed by atoms with E-state index < -0.39 is 10.0 Å². The van der Waals surface area contributed by atoms with Gasteiger partial charge in [0.05, 0.1) is 17.0 Å². The minimum Gasteiger partial charge on any atom is -0.458 e. The lowest BCUT2D eigenvalue weighted by Gasteiger charge is -2.32. The summed E-state index contributed by atoms with van der Waals surface area (Å²) in [5.74, 6) is 0.267. The molecule has 1 aromatic rings. The third-order valence-electron chi connectivity index (χ3n) is 3.25. The Kier molecular flexibility index (Phi) is 4.87. The van der Waals surface area contributed by atoms with Crippen molar-refractivity contribution in [2.75, 3.05) is 25.9 Å². The van der Waals surface area contributed by atoms with Crippen molar-refractivity contribution >= 4 is 31.9 Å². The van der Waals surface area contributed by atoms with Gasteiger partial charge in [-0.25, -0.2) is 13.1 Å². The maximum absolute atomic E-state index is 12.3. The molecule has 1 aromatic heterocycles. The molecule has 112 valence electrons. The number of hydrogen-bond donors (Lipinski definition) is 1. The first-order valence-corrected chi connectivity index (χ1v) is 9.02. The summed E-state index contributed by atoms with van der Waals surface area (Å²) in [4.78, 5) is 14.0.